The highest BCUT2D eigenvalue weighted by molar-refractivity contribution is 6.34. The van der Waals surface area contributed by atoms with Crippen molar-refractivity contribution in [1.82, 2.24) is 9.88 Å². The molecule has 1 aliphatic heterocycles. The predicted molar refractivity (Wildman–Crippen MR) is 108 cm³/mol. The lowest BCUT2D eigenvalue weighted by atomic mass is 10.1. The molecule has 1 aromatic heterocycles. The minimum absolute atomic E-state index is 0.0365. The number of carbonyl (C=O) groups excluding carboxylic acids is 1. The Bertz CT molecular complexity index is 975. The number of aromatic nitrogens is 1. The van der Waals surface area contributed by atoms with Crippen LogP contribution in [0.2, 0.25) is 10.0 Å². The van der Waals surface area contributed by atoms with Gasteiger partial charge in [-0.1, -0.05) is 35.3 Å². The molecule has 0 radical (unpaired) electrons. The normalized spacial score (nSPS) is 13.0. The minimum Gasteiger partial charge on any atom is -0.381 e. The number of amides is 1. The summed E-state index contributed by atoms with van der Waals surface area (Å²) in [5.74, 6) is -0.0365. The van der Waals surface area contributed by atoms with E-state index < -0.39 is 0 Å². The van der Waals surface area contributed by atoms with Gasteiger partial charge in [-0.25, -0.2) is 0 Å². The molecule has 2 heterocycles. The number of nitrogens with zero attached hydrogens (tertiary/aromatic N) is 2. The average molecular weight is 398 g/mol. The minimum atomic E-state index is -0.0365. The van der Waals surface area contributed by atoms with Crippen molar-refractivity contribution in [2.75, 3.05) is 5.32 Å². The molecule has 1 N–H and O–H groups in total. The van der Waals surface area contributed by atoms with E-state index in [1.165, 1.54) is 0 Å². The zero-order chi connectivity index (χ0) is 18.8. The summed E-state index contributed by atoms with van der Waals surface area (Å²) >= 11 is 12.4. The Kier molecular flexibility index (Phi) is 5.01. The molecule has 0 unspecified atom stereocenters. The Balaban J connectivity index is 1.50. The molecule has 6 heteroatoms. The fraction of sp³-hybridized carbons (Fsp3) is 0.143. The third kappa shape index (κ3) is 3.92. The standard InChI is InChI=1S/C21H17Cl2N3O/c22-17-3-1-15(2-4-17)12-26-13-16-9-18(10-19(23)20(16)21(26)27)25-11-14-5-7-24-8-6-14/h1-10,25H,11-13H2. The van der Waals surface area contributed by atoms with Gasteiger partial charge in [-0.3, -0.25) is 9.78 Å². The molecule has 4 rings (SSSR count). The molecular weight excluding hydrogens is 381 g/mol. The van der Waals surface area contributed by atoms with Crippen molar-refractivity contribution in [3.8, 4) is 0 Å². The number of fused-ring (bicyclic) bond motifs is 1. The smallest absolute Gasteiger partial charge is 0.256 e. The fourth-order valence-electron chi connectivity index (χ4n) is 3.21. The summed E-state index contributed by atoms with van der Waals surface area (Å²) in [7, 11) is 0. The maximum Gasteiger partial charge on any atom is 0.256 e. The second-order valence-corrected chi connectivity index (χ2v) is 7.33. The van der Waals surface area contributed by atoms with E-state index in [-0.39, 0.29) is 5.91 Å². The Hall–Kier alpha value is -2.56. The number of anilines is 1. The van der Waals surface area contributed by atoms with E-state index in [0.29, 0.717) is 35.2 Å². The van der Waals surface area contributed by atoms with Gasteiger partial charge in [0.25, 0.3) is 5.91 Å². The summed E-state index contributed by atoms with van der Waals surface area (Å²) in [6.45, 7) is 1.74. The maximum atomic E-state index is 12.8. The molecule has 0 saturated heterocycles. The summed E-state index contributed by atoms with van der Waals surface area (Å²) in [6.07, 6.45) is 3.53. The largest absolute Gasteiger partial charge is 0.381 e. The highest BCUT2D eigenvalue weighted by Crippen LogP contribution is 2.33. The first-order valence-electron chi connectivity index (χ1n) is 8.59. The lowest BCUT2D eigenvalue weighted by Gasteiger charge is -2.15. The number of rotatable bonds is 5. The van der Waals surface area contributed by atoms with Crippen LogP contribution in [0.25, 0.3) is 0 Å². The first-order valence-corrected chi connectivity index (χ1v) is 9.34. The van der Waals surface area contributed by atoms with E-state index in [1.54, 1.807) is 17.3 Å². The number of halogens is 2. The van der Waals surface area contributed by atoms with Crippen LogP contribution in [0.15, 0.2) is 60.9 Å². The van der Waals surface area contributed by atoms with Crippen LogP contribution < -0.4 is 5.32 Å². The third-order valence-electron chi connectivity index (χ3n) is 4.57. The molecule has 0 bridgehead atoms. The second-order valence-electron chi connectivity index (χ2n) is 6.49. The summed E-state index contributed by atoms with van der Waals surface area (Å²) in [5, 5.41) is 4.52. The zero-order valence-electron chi connectivity index (χ0n) is 14.5. The SMILES string of the molecule is O=C1c2c(Cl)cc(NCc3ccncc3)cc2CN1Cc1ccc(Cl)cc1. The van der Waals surface area contributed by atoms with Gasteiger partial charge < -0.3 is 10.2 Å². The van der Waals surface area contributed by atoms with Crippen molar-refractivity contribution < 1.29 is 4.79 Å². The van der Waals surface area contributed by atoms with Gasteiger partial charge in [0.2, 0.25) is 0 Å². The average Bonchev–Trinajstić information content (AvgIpc) is 2.98. The van der Waals surface area contributed by atoms with Crippen molar-refractivity contribution in [3.63, 3.8) is 0 Å². The molecule has 136 valence electrons. The highest BCUT2D eigenvalue weighted by Gasteiger charge is 2.30. The molecule has 1 aliphatic rings. The maximum absolute atomic E-state index is 12.8. The summed E-state index contributed by atoms with van der Waals surface area (Å²) in [5.41, 5.74) is 4.60. The summed E-state index contributed by atoms with van der Waals surface area (Å²) < 4.78 is 0. The van der Waals surface area contributed by atoms with Crippen molar-refractivity contribution in [2.24, 2.45) is 0 Å². The number of nitrogens with one attached hydrogen (secondary N) is 1. The van der Waals surface area contributed by atoms with Crippen LogP contribution in [0, 0.1) is 0 Å². The van der Waals surface area contributed by atoms with Gasteiger partial charge >= 0.3 is 0 Å². The van der Waals surface area contributed by atoms with Gasteiger partial charge in [0.1, 0.15) is 0 Å². The summed E-state index contributed by atoms with van der Waals surface area (Å²) in [6, 6.07) is 15.3. The lowest BCUT2D eigenvalue weighted by Crippen LogP contribution is -2.23. The number of pyridine rings is 1. The van der Waals surface area contributed by atoms with Crippen LogP contribution in [0.5, 0.6) is 0 Å². The van der Waals surface area contributed by atoms with Crippen molar-refractivity contribution >= 4 is 34.8 Å². The van der Waals surface area contributed by atoms with Crippen LogP contribution in [-0.4, -0.2) is 15.8 Å². The van der Waals surface area contributed by atoms with E-state index in [4.69, 9.17) is 23.2 Å². The first kappa shape index (κ1) is 17.8. The van der Waals surface area contributed by atoms with Crippen LogP contribution in [0.3, 0.4) is 0 Å². The molecule has 3 aromatic rings. The van der Waals surface area contributed by atoms with E-state index in [2.05, 4.69) is 10.3 Å². The first-order chi connectivity index (χ1) is 13.1. The fourth-order valence-corrected chi connectivity index (χ4v) is 3.65. The molecule has 0 atom stereocenters. The third-order valence-corrected chi connectivity index (χ3v) is 5.12. The van der Waals surface area contributed by atoms with Crippen molar-refractivity contribution in [3.05, 3.63) is 93.2 Å². The predicted octanol–water partition coefficient (Wildman–Crippen LogP) is 5.16. The number of hydrogen-bond acceptors (Lipinski definition) is 3. The van der Waals surface area contributed by atoms with Crippen LogP contribution >= 0.6 is 23.2 Å². The van der Waals surface area contributed by atoms with Crippen molar-refractivity contribution in [1.29, 1.82) is 0 Å². The molecule has 1 amide bonds. The topological polar surface area (TPSA) is 45.2 Å². The van der Waals surface area contributed by atoms with E-state index >= 15 is 0 Å². The molecule has 0 aliphatic carbocycles. The second kappa shape index (κ2) is 7.59. The molecule has 2 aromatic carbocycles. The van der Waals surface area contributed by atoms with Gasteiger partial charge in [0, 0.05) is 42.7 Å². The Morgan fingerprint density at radius 1 is 1.00 bits per heavy atom. The number of benzene rings is 2. The van der Waals surface area contributed by atoms with Gasteiger partial charge in [-0.15, -0.1) is 0 Å². The van der Waals surface area contributed by atoms with E-state index in [0.717, 1.165) is 22.4 Å². The van der Waals surface area contributed by atoms with E-state index in [9.17, 15) is 4.79 Å². The van der Waals surface area contributed by atoms with Gasteiger partial charge in [-0.2, -0.15) is 0 Å². The van der Waals surface area contributed by atoms with Crippen molar-refractivity contribution in [2.45, 2.75) is 19.6 Å². The molecule has 0 fully saturated rings. The monoisotopic (exact) mass is 397 g/mol. The molecule has 4 nitrogen and oxygen atoms in total. The Labute approximate surface area is 167 Å². The Morgan fingerprint density at radius 2 is 1.74 bits per heavy atom. The number of hydrogen-bond donors (Lipinski definition) is 1. The summed E-state index contributed by atoms with van der Waals surface area (Å²) in [4.78, 5) is 18.6. The van der Waals surface area contributed by atoms with Crippen LogP contribution in [0.1, 0.15) is 27.0 Å². The van der Waals surface area contributed by atoms with Gasteiger partial charge in [-0.05, 0) is 53.1 Å². The zero-order valence-corrected chi connectivity index (χ0v) is 16.0. The lowest BCUT2D eigenvalue weighted by molar-refractivity contribution is 0.0767. The quantitative estimate of drug-likeness (QED) is 0.646. The molecular formula is C21H17Cl2N3O. The molecule has 27 heavy (non-hydrogen) atoms. The van der Waals surface area contributed by atoms with E-state index in [1.807, 2.05) is 48.5 Å². The molecule has 0 spiro atoms. The highest BCUT2D eigenvalue weighted by atomic mass is 35.5. The van der Waals surface area contributed by atoms with Crippen LogP contribution in [-0.2, 0) is 19.6 Å². The molecule has 0 saturated carbocycles. The Morgan fingerprint density at radius 3 is 2.48 bits per heavy atom. The van der Waals surface area contributed by atoms with Gasteiger partial charge in [0.05, 0.1) is 10.6 Å². The van der Waals surface area contributed by atoms with Crippen LogP contribution in [0.4, 0.5) is 5.69 Å². The number of carbonyl (C=O) groups is 1. The van der Waals surface area contributed by atoms with Gasteiger partial charge in [0.15, 0.2) is 0 Å².